The highest BCUT2D eigenvalue weighted by Gasteiger charge is 2.28. The van der Waals surface area contributed by atoms with E-state index in [1.807, 2.05) is 31.3 Å². The molecule has 0 heterocycles. The van der Waals surface area contributed by atoms with E-state index in [4.69, 9.17) is 0 Å². The van der Waals surface area contributed by atoms with Crippen LogP contribution < -0.4 is 5.32 Å². The number of carbonyl (C=O) groups is 1. The van der Waals surface area contributed by atoms with Crippen LogP contribution in [0.5, 0.6) is 0 Å². The third kappa shape index (κ3) is 3.31. The fourth-order valence-corrected chi connectivity index (χ4v) is 2.44. The molecule has 2 nitrogen and oxygen atoms in total. The van der Waals surface area contributed by atoms with Crippen molar-refractivity contribution in [1.29, 1.82) is 0 Å². The molecule has 3 heteroatoms. The lowest BCUT2D eigenvalue weighted by Crippen LogP contribution is -2.09. The summed E-state index contributed by atoms with van der Waals surface area (Å²) in [5, 5.41) is 3.20. The number of allylic oxidation sites excluding steroid dienone is 1. The summed E-state index contributed by atoms with van der Waals surface area (Å²) in [6.07, 6.45) is 5.90. The van der Waals surface area contributed by atoms with E-state index in [9.17, 15) is 4.79 Å². The number of Topliss-reactive ketones (excluding diaryl/α,β-unsaturated/α-hetero) is 1. The maximum atomic E-state index is 11.7. The van der Waals surface area contributed by atoms with Gasteiger partial charge in [0.2, 0.25) is 0 Å². The smallest absolute Gasteiger partial charge is 0.142 e. The third-order valence-electron chi connectivity index (χ3n) is 3.18. The molecule has 1 aromatic carbocycles. The zero-order chi connectivity index (χ0) is 12.3. The number of ketones is 1. The largest absolute Gasteiger partial charge is 0.362 e. The average molecular weight is 341 g/mol. The molecule has 0 spiro atoms. The zero-order valence-corrected chi connectivity index (χ0v) is 12.0. The summed E-state index contributed by atoms with van der Waals surface area (Å²) >= 11 is 2.28. The first-order chi connectivity index (χ1) is 8.16. The molecule has 0 aromatic heterocycles. The number of hydrogen-bond donors (Lipinski definition) is 1. The lowest BCUT2D eigenvalue weighted by molar-refractivity contribution is -0.122. The van der Waals surface area contributed by atoms with Crippen molar-refractivity contribution in [3.05, 3.63) is 40.1 Å². The Kier molecular flexibility index (Phi) is 4.20. The second-order valence-electron chi connectivity index (χ2n) is 4.50. The van der Waals surface area contributed by atoms with E-state index >= 15 is 0 Å². The summed E-state index contributed by atoms with van der Waals surface area (Å²) in [5.41, 5.74) is 1.06. The van der Waals surface area contributed by atoms with E-state index in [2.05, 4.69) is 40.0 Å². The molecular formula is C14H16INO. The van der Waals surface area contributed by atoms with Crippen LogP contribution in [0.2, 0.25) is 0 Å². The molecule has 2 atom stereocenters. The van der Waals surface area contributed by atoms with Gasteiger partial charge in [-0.05, 0) is 65.9 Å². The van der Waals surface area contributed by atoms with Gasteiger partial charge in [0.1, 0.15) is 5.78 Å². The Morgan fingerprint density at radius 1 is 1.29 bits per heavy atom. The first kappa shape index (κ1) is 12.6. The average Bonchev–Trinajstić information content (AvgIpc) is 2.64. The van der Waals surface area contributed by atoms with E-state index in [1.165, 1.54) is 3.57 Å². The maximum absolute atomic E-state index is 11.7. The summed E-state index contributed by atoms with van der Waals surface area (Å²) in [6, 6.07) is 8.18. The molecule has 1 N–H and O–H groups in total. The predicted molar refractivity (Wildman–Crippen MR) is 78.8 cm³/mol. The molecule has 1 aromatic rings. The lowest BCUT2D eigenvalue weighted by Gasteiger charge is -2.03. The second kappa shape index (κ2) is 5.67. The summed E-state index contributed by atoms with van der Waals surface area (Å²) < 4.78 is 1.22. The second-order valence-corrected chi connectivity index (χ2v) is 5.74. The van der Waals surface area contributed by atoms with Gasteiger partial charge in [-0.1, -0.05) is 13.0 Å². The number of anilines is 1. The molecule has 1 saturated carbocycles. The van der Waals surface area contributed by atoms with Crippen molar-refractivity contribution in [2.75, 3.05) is 5.32 Å². The van der Waals surface area contributed by atoms with E-state index in [-0.39, 0.29) is 11.8 Å². The van der Waals surface area contributed by atoms with Crippen LogP contribution in [0.15, 0.2) is 36.5 Å². The van der Waals surface area contributed by atoms with Gasteiger partial charge in [-0.15, -0.1) is 0 Å². The third-order valence-corrected chi connectivity index (χ3v) is 3.90. The van der Waals surface area contributed by atoms with Crippen LogP contribution >= 0.6 is 22.6 Å². The van der Waals surface area contributed by atoms with Gasteiger partial charge in [0, 0.05) is 21.1 Å². The van der Waals surface area contributed by atoms with Crippen LogP contribution in [0, 0.1) is 15.4 Å². The van der Waals surface area contributed by atoms with Crippen molar-refractivity contribution < 1.29 is 4.79 Å². The standard InChI is InChI=1S/C14H16INO/c1-10-2-3-11(14(10)17)8-9-16-13-6-4-12(15)5-7-13/h4-11,16H,2-3H2,1H3/b9-8+. The van der Waals surface area contributed by atoms with Crippen molar-refractivity contribution in [1.82, 2.24) is 0 Å². The minimum atomic E-state index is 0.112. The highest BCUT2D eigenvalue weighted by molar-refractivity contribution is 14.1. The van der Waals surface area contributed by atoms with Gasteiger partial charge < -0.3 is 5.32 Å². The molecule has 1 aliphatic rings. The molecule has 0 radical (unpaired) electrons. The van der Waals surface area contributed by atoms with Gasteiger partial charge in [-0.3, -0.25) is 4.79 Å². The minimum Gasteiger partial charge on any atom is -0.362 e. The quantitative estimate of drug-likeness (QED) is 0.847. The molecule has 0 amide bonds. The molecule has 2 rings (SSSR count). The predicted octanol–water partition coefficient (Wildman–Crippen LogP) is 3.83. The van der Waals surface area contributed by atoms with Crippen molar-refractivity contribution >= 4 is 34.1 Å². The van der Waals surface area contributed by atoms with Crippen LogP contribution in [0.3, 0.4) is 0 Å². The van der Waals surface area contributed by atoms with Crippen molar-refractivity contribution in [2.45, 2.75) is 19.8 Å². The number of hydrogen-bond acceptors (Lipinski definition) is 2. The number of halogens is 1. The Hall–Kier alpha value is -0.840. The van der Waals surface area contributed by atoms with Crippen molar-refractivity contribution in [3.8, 4) is 0 Å². The first-order valence-corrected chi connectivity index (χ1v) is 6.97. The monoisotopic (exact) mass is 341 g/mol. The van der Waals surface area contributed by atoms with Gasteiger partial charge in [-0.25, -0.2) is 0 Å². The van der Waals surface area contributed by atoms with Crippen molar-refractivity contribution in [3.63, 3.8) is 0 Å². The SMILES string of the molecule is CC1CCC(/C=C/Nc2ccc(I)cc2)C1=O. The fraction of sp³-hybridized carbons (Fsp3) is 0.357. The number of carbonyl (C=O) groups excluding carboxylic acids is 1. The normalized spacial score (nSPS) is 24.5. The Morgan fingerprint density at radius 2 is 2.00 bits per heavy atom. The Labute approximate surface area is 116 Å². The summed E-state index contributed by atoms with van der Waals surface area (Å²) in [6.45, 7) is 2.02. The maximum Gasteiger partial charge on any atom is 0.142 e. The van der Waals surface area contributed by atoms with E-state index in [1.54, 1.807) is 0 Å². The Bertz CT molecular complexity index is 424. The molecule has 1 aliphatic carbocycles. The zero-order valence-electron chi connectivity index (χ0n) is 9.82. The summed E-state index contributed by atoms with van der Waals surface area (Å²) in [5.74, 6) is 0.731. The molecule has 90 valence electrons. The van der Waals surface area contributed by atoms with E-state index in [0.29, 0.717) is 5.78 Å². The van der Waals surface area contributed by atoms with E-state index < -0.39 is 0 Å². The van der Waals surface area contributed by atoms with Gasteiger partial charge in [0.25, 0.3) is 0 Å². The highest BCUT2D eigenvalue weighted by atomic mass is 127. The van der Waals surface area contributed by atoms with Gasteiger partial charge in [0.05, 0.1) is 0 Å². The molecule has 17 heavy (non-hydrogen) atoms. The first-order valence-electron chi connectivity index (χ1n) is 5.89. The number of nitrogens with one attached hydrogen (secondary N) is 1. The molecular weight excluding hydrogens is 325 g/mol. The van der Waals surface area contributed by atoms with Crippen molar-refractivity contribution in [2.24, 2.45) is 11.8 Å². The van der Waals surface area contributed by atoms with Crippen LogP contribution in [0.25, 0.3) is 0 Å². The van der Waals surface area contributed by atoms with E-state index in [0.717, 1.165) is 18.5 Å². The van der Waals surface area contributed by atoms with Gasteiger partial charge in [0.15, 0.2) is 0 Å². The Morgan fingerprint density at radius 3 is 2.59 bits per heavy atom. The Balaban J connectivity index is 1.90. The summed E-state index contributed by atoms with van der Waals surface area (Å²) in [4.78, 5) is 11.7. The van der Waals surface area contributed by atoms with Crippen LogP contribution in [0.4, 0.5) is 5.69 Å². The highest BCUT2D eigenvalue weighted by Crippen LogP contribution is 2.27. The topological polar surface area (TPSA) is 29.1 Å². The molecule has 0 saturated heterocycles. The number of rotatable bonds is 3. The molecule has 2 unspecified atom stereocenters. The molecule has 1 fully saturated rings. The lowest BCUT2D eigenvalue weighted by atomic mass is 10.0. The summed E-state index contributed by atoms with van der Waals surface area (Å²) in [7, 11) is 0. The van der Waals surface area contributed by atoms with Crippen LogP contribution in [0.1, 0.15) is 19.8 Å². The fourth-order valence-electron chi connectivity index (χ4n) is 2.08. The molecule has 0 bridgehead atoms. The number of benzene rings is 1. The molecule has 0 aliphatic heterocycles. The van der Waals surface area contributed by atoms with Gasteiger partial charge >= 0.3 is 0 Å². The van der Waals surface area contributed by atoms with Crippen LogP contribution in [-0.4, -0.2) is 5.78 Å². The van der Waals surface area contributed by atoms with Crippen LogP contribution in [-0.2, 0) is 4.79 Å². The minimum absolute atomic E-state index is 0.112. The van der Waals surface area contributed by atoms with Gasteiger partial charge in [-0.2, -0.15) is 0 Å².